The van der Waals surface area contributed by atoms with E-state index in [0.29, 0.717) is 19.6 Å². The lowest BCUT2D eigenvalue weighted by atomic mass is 10.2. The molecule has 0 bridgehead atoms. The maximum absolute atomic E-state index is 11.4. The average molecular weight is 265 g/mol. The molecule has 0 saturated carbocycles. The standard InChI is InChI=1S/C14H19NO4/c1-3-15(8-7-14(16)17-4-2)11-5-6-12-13(9-11)19-10-18-12/h5-6,9H,3-4,7-8,10H2,1-2H3. The minimum Gasteiger partial charge on any atom is -0.466 e. The van der Waals surface area contributed by atoms with E-state index in [2.05, 4.69) is 11.8 Å². The molecule has 0 unspecified atom stereocenters. The van der Waals surface area contributed by atoms with E-state index in [1.165, 1.54) is 0 Å². The molecule has 2 rings (SSSR count). The van der Waals surface area contributed by atoms with Crippen molar-refractivity contribution >= 4 is 11.7 Å². The number of carbonyl (C=O) groups is 1. The fourth-order valence-corrected chi connectivity index (χ4v) is 2.01. The van der Waals surface area contributed by atoms with Crippen molar-refractivity contribution in [3.8, 4) is 11.5 Å². The van der Waals surface area contributed by atoms with E-state index in [1.807, 2.05) is 25.1 Å². The Labute approximate surface area is 113 Å². The first-order chi connectivity index (χ1) is 9.24. The summed E-state index contributed by atoms with van der Waals surface area (Å²) < 4.78 is 15.6. The zero-order valence-corrected chi connectivity index (χ0v) is 11.3. The highest BCUT2D eigenvalue weighted by Gasteiger charge is 2.16. The van der Waals surface area contributed by atoms with Gasteiger partial charge in [-0.2, -0.15) is 0 Å². The first-order valence-electron chi connectivity index (χ1n) is 6.54. The van der Waals surface area contributed by atoms with Gasteiger partial charge in [0, 0.05) is 24.8 Å². The Bertz CT molecular complexity index is 447. The molecule has 0 aliphatic carbocycles. The second-order valence-electron chi connectivity index (χ2n) is 4.17. The van der Waals surface area contributed by atoms with Crippen molar-refractivity contribution in [1.82, 2.24) is 0 Å². The van der Waals surface area contributed by atoms with Crippen molar-refractivity contribution in [1.29, 1.82) is 0 Å². The van der Waals surface area contributed by atoms with E-state index < -0.39 is 0 Å². The maximum atomic E-state index is 11.4. The molecule has 0 aromatic heterocycles. The van der Waals surface area contributed by atoms with Crippen molar-refractivity contribution in [2.45, 2.75) is 20.3 Å². The van der Waals surface area contributed by atoms with Crippen LogP contribution in [0.15, 0.2) is 18.2 Å². The average Bonchev–Trinajstić information content (AvgIpc) is 2.87. The monoisotopic (exact) mass is 265 g/mol. The van der Waals surface area contributed by atoms with E-state index in [0.717, 1.165) is 23.7 Å². The molecule has 1 aliphatic heterocycles. The smallest absolute Gasteiger partial charge is 0.307 e. The van der Waals surface area contributed by atoms with Crippen LogP contribution < -0.4 is 14.4 Å². The predicted molar refractivity (Wildman–Crippen MR) is 71.7 cm³/mol. The second kappa shape index (κ2) is 6.31. The number of anilines is 1. The molecule has 104 valence electrons. The highest BCUT2D eigenvalue weighted by Crippen LogP contribution is 2.35. The Morgan fingerprint density at radius 3 is 2.84 bits per heavy atom. The molecule has 19 heavy (non-hydrogen) atoms. The predicted octanol–water partition coefficient (Wildman–Crippen LogP) is 2.19. The van der Waals surface area contributed by atoms with E-state index >= 15 is 0 Å². The van der Waals surface area contributed by atoms with E-state index in [4.69, 9.17) is 14.2 Å². The molecule has 1 aliphatic rings. The minimum absolute atomic E-state index is 0.165. The van der Waals surface area contributed by atoms with Gasteiger partial charge in [-0.05, 0) is 26.0 Å². The zero-order chi connectivity index (χ0) is 13.7. The molecular weight excluding hydrogens is 246 g/mol. The molecule has 5 nitrogen and oxygen atoms in total. The summed E-state index contributed by atoms with van der Waals surface area (Å²) in [5, 5.41) is 0. The van der Waals surface area contributed by atoms with Crippen LogP contribution in [0.2, 0.25) is 0 Å². The van der Waals surface area contributed by atoms with Gasteiger partial charge in [-0.15, -0.1) is 0 Å². The number of hydrogen-bond acceptors (Lipinski definition) is 5. The van der Waals surface area contributed by atoms with E-state index in [9.17, 15) is 4.79 Å². The van der Waals surface area contributed by atoms with Crippen LogP contribution in [0.25, 0.3) is 0 Å². The molecule has 0 N–H and O–H groups in total. The van der Waals surface area contributed by atoms with Crippen molar-refractivity contribution in [2.24, 2.45) is 0 Å². The number of benzene rings is 1. The van der Waals surface area contributed by atoms with Crippen molar-refractivity contribution in [2.75, 3.05) is 31.4 Å². The first-order valence-corrected chi connectivity index (χ1v) is 6.54. The Morgan fingerprint density at radius 2 is 2.11 bits per heavy atom. The lowest BCUT2D eigenvalue weighted by Gasteiger charge is -2.22. The largest absolute Gasteiger partial charge is 0.466 e. The number of hydrogen-bond donors (Lipinski definition) is 0. The van der Waals surface area contributed by atoms with E-state index in [-0.39, 0.29) is 12.8 Å². The van der Waals surface area contributed by atoms with Gasteiger partial charge in [-0.3, -0.25) is 4.79 Å². The van der Waals surface area contributed by atoms with Crippen LogP contribution in [0.5, 0.6) is 11.5 Å². The highest BCUT2D eigenvalue weighted by molar-refractivity contribution is 5.70. The Hall–Kier alpha value is -1.91. The van der Waals surface area contributed by atoms with Crippen LogP contribution in [0, 0.1) is 0 Å². The van der Waals surface area contributed by atoms with Gasteiger partial charge in [0.1, 0.15) is 0 Å². The summed E-state index contributed by atoms with van der Waals surface area (Å²) in [5.41, 5.74) is 1.02. The Balaban J connectivity index is 1.99. The van der Waals surface area contributed by atoms with Gasteiger partial charge < -0.3 is 19.1 Å². The summed E-state index contributed by atoms with van der Waals surface area (Å²) in [7, 11) is 0. The number of carbonyl (C=O) groups excluding carboxylic acids is 1. The van der Waals surface area contributed by atoms with Gasteiger partial charge in [-0.1, -0.05) is 0 Å². The van der Waals surface area contributed by atoms with Gasteiger partial charge in [0.2, 0.25) is 6.79 Å². The number of rotatable bonds is 6. The van der Waals surface area contributed by atoms with Crippen molar-refractivity contribution in [3.63, 3.8) is 0 Å². The van der Waals surface area contributed by atoms with Crippen LogP contribution in [0.3, 0.4) is 0 Å². The van der Waals surface area contributed by atoms with E-state index in [1.54, 1.807) is 0 Å². The second-order valence-corrected chi connectivity index (χ2v) is 4.17. The molecule has 0 amide bonds. The summed E-state index contributed by atoms with van der Waals surface area (Å²) in [6, 6.07) is 5.81. The lowest BCUT2D eigenvalue weighted by molar-refractivity contribution is -0.142. The maximum Gasteiger partial charge on any atom is 0.307 e. The molecule has 0 atom stereocenters. The molecule has 1 aromatic carbocycles. The number of ether oxygens (including phenoxy) is 3. The lowest BCUT2D eigenvalue weighted by Crippen LogP contribution is -2.26. The van der Waals surface area contributed by atoms with Crippen molar-refractivity contribution < 1.29 is 19.0 Å². The minimum atomic E-state index is -0.165. The van der Waals surface area contributed by atoms with Gasteiger partial charge >= 0.3 is 5.97 Å². The van der Waals surface area contributed by atoms with Crippen LogP contribution in [-0.4, -0.2) is 32.5 Å². The number of nitrogens with zero attached hydrogens (tertiary/aromatic N) is 1. The van der Waals surface area contributed by atoms with Crippen LogP contribution in [0.4, 0.5) is 5.69 Å². The third-order valence-electron chi connectivity index (χ3n) is 2.99. The quantitative estimate of drug-likeness (QED) is 0.738. The number of fused-ring (bicyclic) bond motifs is 1. The van der Waals surface area contributed by atoms with Gasteiger partial charge in [0.25, 0.3) is 0 Å². The molecule has 0 fully saturated rings. The molecule has 0 spiro atoms. The van der Waals surface area contributed by atoms with Crippen LogP contribution >= 0.6 is 0 Å². The fourth-order valence-electron chi connectivity index (χ4n) is 2.01. The third kappa shape index (κ3) is 3.30. The van der Waals surface area contributed by atoms with Gasteiger partial charge in [0.05, 0.1) is 13.0 Å². The molecule has 0 radical (unpaired) electrons. The fraction of sp³-hybridized carbons (Fsp3) is 0.500. The molecular formula is C14H19NO4. The van der Waals surface area contributed by atoms with Gasteiger partial charge in [-0.25, -0.2) is 0 Å². The van der Waals surface area contributed by atoms with Crippen molar-refractivity contribution in [3.05, 3.63) is 18.2 Å². The summed E-state index contributed by atoms with van der Waals surface area (Å²) in [6.07, 6.45) is 0.385. The SMILES string of the molecule is CCOC(=O)CCN(CC)c1ccc2c(c1)OCO2. The number of esters is 1. The normalized spacial score (nSPS) is 12.3. The summed E-state index contributed by atoms with van der Waals surface area (Å²) in [4.78, 5) is 13.5. The first kappa shape index (κ1) is 13.5. The highest BCUT2D eigenvalue weighted by atomic mass is 16.7. The zero-order valence-electron chi connectivity index (χ0n) is 11.3. The summed E-state index contributed by atoms with van der Waals surface area (Å²) in [5.74, 6) is 1.36. The topological polar surface area (TPSA) is 48.0 Å². The van der Waals surface area contributed by atoms with Gasteiger partial charge in [0.15, 0.2) is 11.5 Å². The Morgan fingerprint density at radius 1 is 1.32 bits per heavy atom. The van der Waals surface area contributed by atoms with Crippen LogP contribution in [0.1, 0.15) is 20.3 Å². The molecule has 1 aromatic rings. The molecule has 0 saturated heterocycles. The third-order valence-corrected chi connectivity index (χ3v) is 2.99. The van der Waals surface area contributed by atoms with Crippen LogP contribution in [-0.2, 0) is 9.53 Å². The summed E-state index contributed by atoms with van der Waals surface area (Å²) in [6.45, 7) is 6.01. The molecule has 1 heterocycles. The molecule has 5 heteroatoms. The summed E-state index contributed by atoms with van der Waals surface area (Å²) >= 11 is 0. The Kier molecular flexibility index (Phi) is 4.49.